The fourth-order valence-corrected chi connectivity index (χ4v) is 3.41. The molecule has 2 heterocycles. The average molecular weight is 360 g/mol. The zero-order chi connectivity index (χ0) is 17.6. The summed E-state index contributed by atoms with van der Waals surface area (Å²) in [4.78, 5) is 18.4. The number of carbonyl (C=O) groups excluding carboxylic acids is 1. The highest BCUT2D eigenvalue weighted by atomic mass is 35.5. The van der Waals surface area contributed by atoms with E-state index >= 15 is 0 Å². The van der Waals surface area contributed by atoms with Crippen molar-refractivity contribution in [2.75, 3.05) is 19.6 Å². The van der Waals surface area contributed by atoms with E-state index in [1.165, 1.54) is 0 Å². The van der Waals surface area contributed by atoms with Gasteiger partial charge >= 0.3 is 0 Å². The first-order chi connectivity index (χ1) is 12.1. The second-order valence-corrected chi connectivity index (χ2v) is 6.90. The zero-order valence-electron chi connectivity index (χ0n) is 14.0. The number of aromatic hydroxyl groups is 1. The maximum absolute atomic E-state index is 12.1. The van der Waals surface area contributed by atoms with Gasteiger partial charge in [-0.3, -0.25) is 14.7 Å². The van der Waals surface area contributed by atoms with E-state index in [1.807, 2.05) is 6.07 Å². The van der Waals surface area contributed by atoms with Crippen LogP contribution in [0.4, 0.5) is 0 Å². The molecule has 1 aliphatic rings. The second-order valence-electron chi connectivity index (χ2n) is 6.47. The third-order valence-electron chi connectivity index (χ3n) is 4.51. The Kier molecular flexibility index (Phi) is 5.89. The fourth-order valence-electron chi connectivity index (χ4n) is 3.22. The molecule has 2 N–H and O–H groups in total. The lowest BCUT2D eigenvalue weighted by atomic mass is 9.97. The molecule has 0 aliphatic carbocycles. The smallest absolute Gasteiger partial charge is 0.252 e. The van der Waals surface area contributed by atoms with Gasteiger partial charge in [-0.25, -0.2) is 0 Å². The largest absolute Gasteiger partial charge is 0.508 e. The SMILES string of the molecule is O=C(NC[C@@H]1CCCN(Cc2cc(Cl)ccc2O)C1)c1cccnc1. The highest BCUT2D eigenvalue weighted by Gasteiger charge is 2.21. The number of pyridine rings is 1. The van der Waals surface area contributed by atoms with Gasteiger partial charge in [-0.05, 0) is 55.6 Å². The van der Waals surface area contributed by atoms with Crippen molar-refractivity contribution in [2.45, 2.75) is 19.4 Å². The van der Waals surface area contributed by atoms with Gasteiger partial charge in [-0.1, -0.05) is 11.6 Å². The van der Waals surface area contributed by atoms with Crippen LogP contribution >= 0.6 is 11.6 Å². The van der Waals surface area contributed by atoms with Crippen LogP contribution in [0.25, 0.3) is 0 Å². The maximum atomic E-state index is 12.1. The number of likely N-dealkylation sites (tertiary alicyclic amines) is 1. The summed E-state index contributed by atoms with van der Waals surface area (Å²) in [6.45, 7) is 3.18. The van der Waals surface area contributed by atoms with Gasteiger partial charge in [0.25, 0.3) is 5.91 Å². The molecule has 1 amide bonds. The van der Waals surface area contributed by atoms with Crippen molar-refractivity contribution in [2.24, 2.45) is 5.92 Å². The highest BCUT2D eigenvalue weighted by Crippen LogP contribution is 2.25. The first-order valence-electron chi connectivity index (χ1n) is 8.50. The molecule has 132 valence electrons. The van der Waals surface area contributed by atoms with Gasteiger partial charge < -0.3 is 10.4 Å². The number of aromatic nitrogens is 1. The van der Waals surface area contributed by atoms with Crippen LogP contribution in [0.2, 0.25) is 5.02 Å². The molecule has 1 fully saturated rings. The van der Waals surface area contributed by atoms with Gasteiger partial charge in [0, 0.05) is 42.6 Å². The van der Waals surface area contributed by atoms with E-state index in [4.69, 9.17) is 11.6 Å². The number of halogens is 1. The molecule has 3 rings (SSSR count). The van der Waals surface area contributed by atoms with Crippen LogP contribution in [0.3, 0.4) is 0 Å². The summed E-state index contributed by atoms with van der Waals surface area (Å²) in [6.07, 6.45) is 5.39. The van der Waals surface area contributed by atoms with E-state index in [0.29, 0.717) is 29.6 Å². The minimum absolute atomic E-state index is 0.0855. The molecule has 1 aromatic carbocycles. The Labute approximate surface area is 152 Å². The molecule has 0 bridgehead atoms. The summed E-state index contributed by atoms with van der Waals surface area (Å²) >= 11 is 6.02. The minimum atomic E-state index is -0.0855. The second kappa shape index (κ2) is 8.32. The number of amides is 1. The van der Waals surface area contributed by atoms with E-state index in [2.05, 4.69) is 15.2 Å². The number of rotatable bonds is 5. The summed E-state index contributed by atoms with van der Waals surface area (Å²) in [5.74, 6) is 0.588. The molecular formula is C19H22ClN3O2. The van der Waals surface area contributed by atoms with Crippen LogP contribution in [-0.4, -0.2) is 40.5 Å². The Balaban J connectivity index is 1.53. The quantitative estimate of drug-likeness (QED) is 0.861. The van der Waals surface area contributed by atoms with Gasteiger partial charge in [-0.2, -0.15) is 0 Å². The van der Waals surface area contributed by atoms with Crippen LogP contribution in [-0.2, 0) is 6.54 Å². The normalized spacial score (nSPS) is 18.0. The molecule has 0 unspecified atom stereocenters. The zero-order valence-corrected chi connectivity index (χ0v) is 14.7. The summed E-state index contributed by atoms with van der Waals surface area (Å²) in [7, 11) is 0. The lowest BCUT2D eigenvalue weighted by Gasteiger charge is -2.33. The fraction of sp³-hybridized carbons (Fsp3) is 0.368. The molecule has 1 atom stereocenters. The topological polar surface area (TPSA) is 65.5 Å². The predicted molar refractivity (Wildman–Crippen MR) is 97.7 cm³/mol. The number of nitrogens with zero attached hydrogens (tertiary/aromatic N) is 2. The molecule has 1 aromatic heterocycles. The van der Waals surface area contributed by atoms with Gasteiger partial charge in [-0.15, -0.1) is 0 Å². The molecule has 1 aliphatic heterocycles. The van der Waals surface area contributed by atoms with Crippen molar-refractivity contribution < 1.29 is 9.90 Å². The number of phenols is 1. The minimum Gasteiger partial charge on any atom is -0.508 e. The molecule has 5 nitrogen and oxygen atoms in total. The summed E-state index contributed by atoms with van der Waals surface area (Å²) in [5, 5.41) is 13.6. The van der Waals surface area contributed by atoms with Crippen LogP contribution < -0.4 is 5.32 Å². The average Bonchev–Trinajstić information content (AvgIpc) is 2.64. The summed E-state index contributed by atoms with van der Waals surface area (Å²) < 4.78 is 0. The van der Waals surface area contributed by atoms with Crippen molar-refractivity contribution in [3.05, 3.63) is 58.9 Å². The van der Waals surface area contributed by atoms with Crippen molar-refractivity contribution in [1.29, 1.82) is 0 Å². The Bertz CT molecular complexity index is 724. The van der Waals surface area contributed by atoms with E-state index in [9.17, 15) is 9.90 Å². The van der Waals surface area contributed by atoms with Gasteiger partial charge in [0.15, 0.2) is 0 Å². The van der Waals surface area contributed by atoms with Crippen LogP contribution in [0, 0.1) is 5.92 Å². The molecule has 25 heavy (non-hydrogen) atoms. The van der Waals surface area contributed by atoms with Crippen molar-refractivity contribution in [1.82, 2.24) is 15.2 Å². The van der Waals surface area contributed by atoms with Gasteiger partial charge in [0.2, 0.25) is 0 Å². The molecule has 6 heteroatoms. The number of nitrogens with one attached hydrogen (secondary N) is 1. The molecule has 0 spiro atoms. The monoisotopic (exact) mass is 359 g/mol. The van der Waals surface area contributed by atoms with Crippen molar-refractivity contribution >= 4 is 17.5 Å². The number of benzene rings is 1. The Morgan fingerprint density at radius 3 is 3.08 bits per heavy atom. The molecule has 2 aromatic rings. The summed E-state index contributed by atoms with van der Waals surface area (Å²) in [5.41, 5.74) is 1.42. The first kappa shape index (κ1) is 17.7. The number of phenolic OH excluding ortho intramolecular Hbond substituents is 1. The van der Waals surface area contributed by atoms with E-state index in [-0.39, 0.29) is 11.7 Å². The lowest BCUT2D eigenvalue weighted by Crippen LogP contribution is -2.40. The first-order valence-corrected chi connectivity index (χ1v) is 8.87. The third kappa shape index (κ3) is 4.94. The molecule has 1 saturated heterocycles. The van der Waals surface area contributed by atoms with Gasteiger partial charge in [0.1, 0.15) is 5.75 Å². The Morgan fingerprint density at radius 1 is 1.40 bits per heavy atom. The Hall–Kier alpha value is -2.11. The standard InChI is InChI=1S/C19H22ClN3O2/c20-17-5-6-18(24)16(9-17)13-23-8-2-3-14(12-23)10-22-19(25)15-4-1-7-21-11-15/h1,4-7,9,11,14,24H,2-3,8,10,12-13H2,(H,22,25)/t14-/m0/s1. The van der Waals surface area contributed by atoms with Crippen LogP contribution in [0.5, 0.6) is 5.75 Å². The van der Waals surface area contributed by atoms with E-state index < -0.39 is 0 Å². The third-order valence-corrected chi connectivity index (χ3v) is 4.75. The maximum Gasteiger partial charge on any atom is 0.252 e. The predicted octanol–water partition coefficient (Wildman–Crippen LogP) is 3.08. The van der Waals surface area contributed by atoms with E-state index in [1.54, 1.807) is 36.7 Å². The van der Waals surface area contributed by atoms with Crippen molar-refractivity contribution in [3.63, 3.8) is 0 Å². The van der Waals surface area contributed by atoms with Crippen LogP contribution in [0.15, 0.2) is 42.7 Å². The van der Waals surface area contributed by atoms with Crippen molar-refractivity contribution in [3.8, 4) is 5.75 Å². The summed E-state index contributed by atoms with van der Waals surface area (Å²) in [6, 6.07) is 8.65. The number of piperidine rings is 1. The van der Waals surface area contributed by atoms with Gasteiger partial charge in [0.05, 0.1) is 5.56 Å². The lowest BCUT2D eigenvalue weighted by molar-refractivity contribution is 0.0930. The Morgan fingerprint density at radius 2 is 2.28 bits per heavy atom. The van der Waals surface area contributed by atoms with Crippen LogP contribution in [0.1, 0.15) is 28.8 Å². The molecule has 0 radical (unpaired) electrons. The number of hydrogen-bond acceptors (Lipinski definition) is 4. The molecule has 0 saturated carbocycles. The number of hydrogen-bond donors (Lipinski definition) is 2. The highest BCUT2D eigenvalue weighted by molar-refractivity contribution is 6.30. The number of carbonyl (C=O) groups is 1. The van der Waals surface area contributed by atoms with E-state index in [0.717, 1.165) is 31.5 Å². The molecular weight excluding hydrogens is 338 g/mol.